The Morgan fingerprint density at radius 2 is 2.25 bits per heavy atom. The summed E-state index contributed by atoms with van der Waals surface area (Å²) in [5.41, 5.74) is 7.81. The molecule has 4 nitrogen and oxygen atoms in total. The van der Waals surface area contributed by atoms with Gasteiger partial charge in [0.15, 0.2) is 0 Å². The molecule has 1 atom stereocenters. The number of nitriles is 1. The fraction of sp³-hybridized carbons (Fsp3) is 0.417. The minimum atomic E-state index is -0.601. The Kier molecular flexibility index (Phi) is 2.82. The minimum Gasteiger partial charge on any atom is -0.399 e. The van der Waals surface area contributed by atoms with E-state index in [1.807, 2.05) is 25.1 Å². The lowest BCUT2D eigenvalue weighted by Gasteiger charge is -2.31. The molecular formula is C12H14N2O2. The second kappa shape index (κ2) is 4.12. The molecule has 2 N–H and O–H groups in total. The highest BCUT2D eigenvalue weighted by molar-refractivity contribution is 5.49. The summed E-state index contributed by atoms with van der Waals surface area (Å²) in [7, 11) is 0. The molecule has 0 aromatic heterocycles. The largest absolute Gasteiger partial charge is 0.399 e. The monoisotopic (exact) mass is 218 g/mol. The van der Waals surface area contributed by atoms with Crippen LogP contribution in [-0.2, 0) is 15.2 Å². The van der Waals surface area contributed by atoms with E-state index in [9.17, 15) is 5.26 Å². The normalized spacial score (nSPS) is 25.0. The molecule has 1 aliphatic rings. The number of hydrogen-bond donors (Lipinski definition) is 1. The molecule has 1 aromatic rings. The standard InChI is InChI=1S/C12H14N2O2/c1-9-6-10(14)2-3-11(9)12(7-13)4-5-15-16-8-12/h2-3,6H,4-5,8,14H2,1H3. The molecule has 0 spiro atoms. The highest BCUT2D eigenvalue weighted by Crippen LogP contribution is 2.33. The fourth-order valence-corrected chi connectivity index (χ4v) is 2.07. The third kappa shape index (κ3) is 1.75. The molecule has 0 radical (unpaired) electrons. The van der Waals surface area contributed by atoms with E-state index in [-0.39, 0.29) is 6.61 Å². The Labute approximate surface area is 94.5 Å². The van der Waals surface area contributed by atoms with E-state index in [0.29, 0.717) is 18.7 Å². The summed E-state index contributed by atoms with van der Waals surface area (Å²) in [4.78, 5) is 9.80. The number of nitrogens with zero attached hydrogens (tertiary/aromatic N) is 1. The molecular weight excluding hydrogens is 204 g/mol. The van der Waals surface area contributed by atoms with Crippen LogP contribution in [0.3, 0.4) is 0 Å². The second-order valence-electron chi connectivity index (χ2n) is 4.10. The topological polar surface area (TPSA) is 68.3 Å². The van der Waals surface area contributed by atoms with E-state index in [2.05, 4.69) is 6.07 Å². The zero-order valence-electron chi connectivity index (χ0n) is 9.19. The van der Waals surface area contributed by atoms with Gasteiger partial charge in [-0.1, -0.05) is 6.07 Å². The molecule has 1 fully saturated rings. The van der Waals surface area contributed by atoms with Crippen molar-refractivity contribution in [2.75, 3.05) is 18.9 Å². The Morgan fingerprint density at radius 3 is 2.81 bits per heavy atom. The summed E-state index contributed by atoms with van der Waals surface area (Å²) < 4.78 is 0. The van der Waals surface area contributed by atoms with E-state index < -0.39 is 5.41 Å². The summed E-state index contributed by atoms with van der Waals surface area (Å²) >= 11 is 0. The van der Waals surface area contributed by atoms with Gasteiger partial charge >= 0.3 is 0 Å². The Balaban J connectivity index is 2.44. The highest BCUT2D eigenvalue weighted by atomic mass is 17.2. The maximum atomic E-state index is 9.37. The van der Waals surface area contributed by atoms with Crippen molar-refractivity contribution in [1.82, 2.24) is 0 Å². The number of nitrogens with two attached hydrogens (primary N) is 1. The molecule has 0 saturated carbocycles. The zero-order valence-corrected chi connectivity index (χ0v) is 9.19. The number of anilines is 1. The van der Waals surface area contributed by atoms with Crippen molar-refractivity contribution in [2.45, 2.75) is 18.8 Å². The van der Waals surface area contributed by atoms with Crippen LogP contribution in [0, 0.1) is 18.3 Å². The van der Waals surface area contributed by atoms with E-state index >= 15 is 0 Å². The van der Waals surface area contributed by atoms with Crippen LogP contribution >= 0.6 is 0 Å². The lowest BCUT2D eigenvalue weighted by atomic mass is 9.77. The smallest absolute Gasteiger partial charge is 0.111 e. The maximum Gasteiger partial charge on any atom is 0.111 e. The van der Waals surface area contributed by atoms with Gasteiger partial charge in [0.25, 0.3) is 0 Å². The Morgan fingerprint density at radius 1 is 1.44 bits per heavy atom. The van der Waals surface area contributed by atoms with Crippen molar-refractivity contribution in [3.8, 4) is 6.07 Å². The van der Waals surface area contributed by atoms with Crippen LogP contribution in [0.15, 0.2) is 18.2 Å². The number of benzene rings is 1. The van der Waals surface area contributed by atoms with Crippen molar-refractivity contribution in [2.24, 2.45) is 0 Å². The molecule has 1 aliphatic heterocycles. The fourth-order valence-electron chi connectivity index (χ4n) is 2.07. The van der Waals surface area contributed by atoms with E-state index in [1.54, 1.807) is 0 Å². The first-order valence-corrected chi connectivity index (χ1v) is 5.20. The van der Waals surface area contributed by atoms with Crippen LogP contribution in [0.4, 0.5) is 5.69 Å². The van der Waals surface area contributed by atoms with Gasteiger partial charge in [-0.25, -0.2) is 9.78 Å². The van der Waals surface area contributed by atoms with E-state index in [1.165, 1.54) is 0 Å². The molecule has 1 aromatic carbocycles. The van der Waals surface area contributed by atoms with Gasteiger partial charge in [0.05, 0.1) is 12.7 Å². The quantitative estimate of drug-likeness (QED) is 0.575. The van der Waals surface area contributed by atoms with Crippen LogP contribution in [0.5, 0.6) is 0 Å². The first kappa shape index (κ1) is 10.9. The molecule has 0 aliphatic carbocycles. The van der Waals surface area contributed by atoms with Crippen LogP contribution in [0.1, 0.15) is 17.5 Å². The first-order valence-electron chi connectivity index (χ1n) is 5.20. The first-order chi connectivity index (χ1) is 7.68. The number of aryl methyl sites for hydroxylation is 1. The Hall–Kier alpha value is -1.57. The minimum absolute atomic E-state index is 0.272. The lowest BCUT2D eigenvalue weighted by Crippen LogP contribution is -2.36. The van der Waals surface area contributed by atoms with Crippen molar-refractivity contribution in [3.63, 3.8) is 0 Å². The summed E-state index contributed by atoms with van der Waals surface area (Å²) in [6, 6.07) is 7.95. The summed E-state index contributed by atoms with van der Waals surface area (Å²) in [5.74, 6) is 0. The average Bonchev–Trinajstić information content (AvgIpc) is 2.30. The van der Waals surface area contributed by atoms with Gasteiger partial charge in [0, 0.05) is 5.69 Å². The van der Waals surface area contributed by atoms with Crippen LogP contribution in [-0.4, -0.2) is 13.2 Å². The molecule has 1 saturated heterocycles. The SMILES string of the molecule is Cc1cc(N)ccc1C1(C#N)CCOOC1. The maximum absolute atomic E-state index is 9.37. The third-order valence-corrected chi connectivity index (χ3v) is 2.98. The van der Waals surface area contributed by atoms with Gasteiger partial charge in [-0.05, 0) is 36.6 Å². The van der Waals surface area contributed by atoms with Crippen molar-refractivity contribution in [1.29, 1.82) is 5.26 Å². The molecule has 2 rings (SSSR count). The predicted molar refractivity (Wildman–Crippen MR) is 59.4 cm³/mol. The van der Waals surface area contributed by atoms with E-state index in [4.69, 9.17) is 15.5 Å². The van der Waals surface area contributed by atoms with Gasteiger partial charge in [-0.15, -0.1) is 0 Å². The van der Waals surface area contributed by atoms with Gasteiger partial charge in [-0.2, -0.15) is 5.26 Å². The second-order valence-corrected chi connectivity index (χ2v) is 4.10. The van der Waals surface area contributed by atoms with Gasteiger partial charge in [0.1, 0.15) is 12.0 Å². The van der Waals surface area contributed by atoms with Gasteiger partial charge in [0.2, 0.25) is 0 Å². The molecule has 1 unspecified atom stereocenters. The predicted octanol–water partition coefficient (Wildman–Crippen LogP) is 1.69. The highest BCUT2D eigenvalue weighted by Gasteiger charge is 2.37. The number of nitrogen functional groups attached to an aromatic ring is 1. The number of rotatable bonds is 1. The van der Waals surface area contributed by atoms with Gasteiger partial charge in [-0.3, -0.25) is 0 Å². The third-order valence-electron chi connectivity index (χ3n) is 2.98. The van der Waals surface area contributed by atoms with E-state index in [0.717, 1.165) is 11.1 Å². The van der Waals surface area contributed by atoms with Gasteiger partial charge < -0.3 is 5.73 Å². The Bertz CT molecular complexity index is 431. The molecule has 0 amide bonds. The summed E-state index contributed by atoms with van der Waals surface area (Å²) in [6.07, 6.45) is 0.647. The molecule has 16 heavy (non-hydrogen) atoms. The van der Waals surface area contributed by atoms with Crippen molar-refractivity contribution in [3.05, 3.63) is 29.3 Å². The molecule has 1 heterocycles. The molecule has 4 heteroatoms. The summed E-state index contributed by atoms with van der Waals surface area (Å²) in [6.45, 7) is 2.67. The van der Waals surface area contributed by atoms with Crippen LogP contribution in [0.2, 0.25) is 0 Å². The lowest BCUT2D eigenvalue weighted by molar-refractivity contribution is -0.324. The van der Waals surface area contributed by atoms with Crippen LogP contribution in [0.25, 0.3) is 0 Å². The molecule has 84 valence electrons. The zero-order chi connectivity index (χ0) is 11.6. The van der Waals surface area contributed by atoms with Crippen LogP contribution < -0.4 is 5.73 Å². The van der Waals surface area contributed by atoms with Crippen molar-refractivity contribution >= 4 is 5.69 Å². The molecule has 0 bridgehead atoms. The number of hydrogen-bond acceptors (Lipinski definition) is 4. The van der Waals surface area contributed by atoms with Crippen molar-refractivity contribution < 1.29 is 9.78 Å². The summed E-state index contributed by atoms with van der Waals surface area (Å²) in [5, 5.41) is 9.37. The average molecular weight is 218 g/mol.